The van der Waals surface area contributed by atoms with Crippen LogP contribution < -0.4 is 5.32 Å². The number of carbonyl (C=O) groups is 1. The molecule has 1 N–H and O–H groups in total. The highest BCUT2D eigenvalue weighted by molar-refractivity contribution is 5.93. The van der Waals surface area contributed by atoms with Crippen molar-refractivity contribution in [1.82, 2.24) is 14.9 Å². The largest absolute Gasteiger partial charge is 0.357 e. The molecule has 5 heteroatoms. The van der Waals surface area contributed by atoms with Crippen LogP contribution in [0, 0.1) is 5.95 Å². The Morgan fingerprint density at radius 3 is 2.88 bits per heavy atom. The monoisotopic (exact) mass is 233 g/mol. The lowest BCUT2D eigenvalue weighted by atomic mass is 10.2. The Kier molecular flexibility index (Phi) is 3.18. The summed E-state index contributed by atoms with van der Waals surface area (Å²) in [6.07, 6.45) is 5.04. The van der Waals surface area contributed by atoms with E-state index < -0.39 is 5.95 Å². The number of hydrogen-bond acceptors (Lipinski definition) is 2. The van der Waals surface area contributed by atoms with E-state index in [4.69, 9.17) is 0 Å². The summed E-state index contributed by atoms with van der Waals surface area (Å²) in [6.45, 7) is 0.442. The Labute approximate surface area is 98.1 Å². The fourth-order valence-corrected chi connectivity index (χ4v) is 1.46. The molecule has 0 aromatic carbocycles. The molecule has 2 aromatic rings. The smallest absolute Gasteiger partial charge is 0.253 e. The number of amides is 1. The fourth-order valence-electron chi connectivity index (χ4n) is 1.46. The third-order valence-electron chi connectivity index (χ3n) is 2.34. The summed E-state index contributed by atoms with van der Waals surface area (Å²) in [4.78, 5) is 15.1. The highest BCUT2D eigenvalue weighted by Crippen LogP contribution is 2.02. The molecule has 2 aromatic heterocycles. The molecule has 0 aliphatic heterocycles. The molecule has 2 heterocycles. The van der Waals surface area contributed by atoms with E-state index in [1.807, 2.05) is 30.1 Å². The number of carbonyl (C=O) groups excluding carboxylic acids is 1. The van der Waals surface area contributed by atoms with Gasteiger partial charge in [0.15, 0.2) is 0 Å². The molecule has 0 bridgehead atoms. The zero-order valence-corrected chi connectivity index (χ0v) is 9.35. The van der Waals surface area contributed by atoms with Crippen LogP contribution >= 0.6 is 0 Å². The predicted octanol–water partition coefficient (Wildman–Crippen LogP) is 1.49. The van der Waals surface area contributed by atoms with Gasteiger partial charge in [-0.15, -0.1) is 0 Å². The highest BCUT2D eigenvalue weighted by Gasteiger charge is 2.06. The summed E-state index contributed by atoms with van der Waals surface area (Å²) in [5, 5.41) is 2.73. The Morgan fingerprint density at radius 1 is 1.47 bits per heavy atom. The standard InChI is InChI=1S/C12H12FN3O/c1-16-5-4-9(8-16)6-15-12(17)10-2-3-11(13)14-7-10/h2-5,7-8H,6H2,1H3,(H,15,17). The highest BCUT2D eigenvalue weighted by atomic mass is 19.1. The molecule has 2 rings (SSSR count). The molecule has 0 spiro atoms. The molecule has 0 unspecified atom stereocenters. The van der Waals surface area contributed by atoms with Crippen molar-refractivity contribution in [2.24, 2.45) is 7.05 Å². The van der Waals surface area contributed by atoms with Crippen LogP contribution in [0.3, 0.4) is 0 Å². The Balaban J connectivity index is 1.95. The van der Waals surface area contributed by atoms with E-state index in [0.29, 0.717) is 12.1 Å². The summed E-state index contributed by atoms with van der Waals surface area (Å²) >= 11 is 0. The van der Waals surface area contributed by atoms with Gasteiger partial charge < -0.3 is 9.88 Å². The maximum Gasteiger partial charge on any atom is 0.253 e. The van der Waals surface area contributed by atoms with Crippen molar-refractivity contribution in [2.45, 2.75) is 6.54 Å². The number of pyridine rings is 1. The molecular formula is C12H12FN3O. The van der Waals surface area contributed by atoms with Crippen LogP contribution in [0.15, 0.2) is 36.8 Å². The van der Waals surface area contributed by atoms with Crippen molar-refractivity contribution in [2.75, 3.05) is 0 Å². The van der Waals surface area contributed by atoms with Crippen molar-refractivity contribution >= 4 is 5.91 Å². The normalized spacial score (nSPS) is 10.2. The van der Waals surface area contributed by atoms with E-state index in [9.17, 15) is 9.18 Å². The van der Waals surface area contributed by atoms with E-state index in [1.54, 1.807) is 0 Å². The molecule has 0 aliphatic carbocycles. The summed E-state index contributed by atoms with van der Waals surface area (Å²) in [5.74, 6) is -0.856. The van der Waals surface area contributed by atoms with Gasteiger partial charge in [-0.2, -0.15) is 4.39 Å². The number of rotatable bonds is 3. The first kappa shape index (κ1) is 11.3. The molecule has 0 aliphatic rings. The molecule has 0 radical (unpaired) electrons. The summed E-state index contributed by atoms with van der Waals surface area (Å²) < 4.78 is 14.5. The third-order valence-corrected chi connectivity index (χ3v) is 2.34. The fraction of sp³-hybridized carbons (Fsp3) is 0.167. The van der Waals surface area contributed by atoms with Crippen LogP contribution in [-0.4, -0.2) is 15.5 Å². The van der Waals surface area contributed by atoms with Gasteiger partial charge in [-0.1, -0.05) is 0 Å². The van der Waals surface area contributed by atoms with Crippen molar-refractivity contribution in [3.63, 3.8) is 0 Å². The van der Waals surface area contributed by atoms with Crippen molar-refractivity contribution in [1.29, 1.82) is 0 Å². The summed E-state index contributed by atoms with van der Waals surface area (Å²) in [5.41, 5.74) is 1.36. The summed E-state index contributed by atoms with van der Waals surface area (Å²) in [6, 6.07) is 4.49. The van der Waals surface area contributed by atoms with Crippen molar-refractivity contribution in [3.05, 3.63) is 53.9 Å². The minimum Gasteiger partial charge on any atom is -0.357 e. The molecule has 0 saturated heterocycles. The first-order valence-corrected chi connectivity index (χ1v) is 5.16. The van der Waals surface area contributed by atoms with Gasteiger partial charge in [-0.25, -0.2) is 4.98 Å². The maximum absolute atomic E-state index is 12.6. The van der Waals surface area contributed by atoms with Crippen LogP contribution in [0.5, 0.6) is 0 Å². The number of nitrogens with one attached hydrogen (secondary N) is 1. The van der Waals surface area contributed by atoms with Gasteiger partial charge in [-0.05, 0) is 23.8 Å². The molecule has 17 heavy (non-hydrogen) atoms. The summed E-state index contributed by atoms with van der Waals surface area (Å²) in [7, 11) is 1.91. The SMILES string of the molecule is Cn1ccc(CNC(=O)c2ccc(F)nc2)c1. The second-order valence-electron chi connectivity index (χ2n) is 3.74. The van der Waals surface area contributed by atoms with Gasteiger partial charge >= 0.3 is 0 Å². The number of nitrogens with zero attached hydrogens (tertiary/aromatic N) is 2. The van der Waals surface area contributed by atoms with Crippen molar-refractivity contribution < 1.29 is 9.18 Å². The lowest BCUT2D eigenvalue weighted by Gasteiger charge is -2.03. The second kappa shape index (κ2) is 4.78. The van der Waals surface area contributed by atoms with Gasteiger partial charge in [0.2, 0.25) is 5.95 Å². The number of halogens is 1. The van der Waals surface area contributed by atoms with Crippen LogP contribution in [0.2, 0.25) is 0 Å². The van der Waals surface area contributed by atoms with Gasteiger partial charge in [0.25, 0.3) is 5.91 Å². The Morgan fingerprint density at radius 2 is 2.29 bits per heavy atom. The predicted molar refractivity (Wildman–Crippen MR) is 60.8 cm³/mol. The quantitative estimate of drug-likeness (QED) is 0.816. The van der Waals surface area contributed by atoms with E-state index in [1.165, 1.54) is 12.3 Å². The average Bonchev–Trinajstić information content (AvgIpc) is 2.73. The molecule has 4 nitrogen and oxygen atoms in total. The Hall–Kier alpha value is -2.17. The third kappa shape index (κ3) is 2.90. The molecule has 0 atom stereocenters. The van der Waals surface area contributed by atoms with Gasteiger partial charge in [0.05, 0.1) is 5.56 Å². The minimum absolute atomic E-state index is 0.263. The van der Waals surface area contributed by atoms with E-state index in [2.05, 4.69) is 10.3 Å². The van der Waals surface area contributed by atoms with Gasteiger partial charge in [0, 0.05) is 32.2 Å². The van der Waals surface area contributed by atoms with Crippen LogP contribution in [0.25, 0.3) is 0 Å². The number of aryl methyl sites for hydroxylation is 1. The zero-order valence-electron chi connectivity index (χ0n) is 9.35. The van der Waals surface area contributed by atoms with E-state index in [-0.39, 0.29) is 5.91 Å². The molecule has 1 amide bonds. The lowest BCUT2D eigenvalue weighted by molar-refractivity contribution is 0.0950. The van der Waals surface area contributed by atoms with E-state index >= 15 is 0 Å². The maximum atomic E-state index is 12.6. The lowest BCUT2D eigenvalue weighted by Crippen LogP contribution is -2.22. The molecule has 0 saturated carbocycles. The van der Waals surface area contributed by atoms with E-state index in [0.717, 1.165) is 11.6 Å². The zero-order chi connectivity index (χ0) is 12.3. The van der Waals surface area contributed by atoms with Gasteiger partial charge in [-0.3, -0.25) is 4.79 Å². The number of aromatic nitrogens is 2. The number of hydrogen-bond donors (Lipinski definition) is 1. The average molecular weight is 233 g/mol. The molecule has 0 fully saturated rings. The van der Waals surface area contributed by atoms with Crippen LogP contribution in [0.1, 0.15) is 15.9 Å². The molecular weight excluding hydrogens is 221 g/mol. The Bertz CT molecular complexity index is 519. The minimum atomic E-state index is -0.593. The first-order valence-electron chi connectivity index (χ1n) is 5.16. The topological polar surface area (TPSA) is 46.9 Å². The van der Waals surface area contributed by atoms with Crippen molar-refractivity contribution in [3.8, 4) is 0 Å². The molecule has 88 valence electrons. The van der Waals surface area contributed by atoms with Crippen LogP contribution in [0.4, 0.5) is 4.39 Å². The van der Waals surface area contributed by atoms with Gasteiger partial charge in [0.1, 0.15) is 0 Å². The first-order chi connectivity index (χ1) is 8.15. The van der Waals surface area contributed by atoms with Crippen LogP contribution in [-0.2, 0) is 13.6 Å². The second-order valence-corrected chi connectivity index (χ2v) is 3.74.